The van der Waals surface area contributed by atoms with Crippen LogP contribution in [-0.2, 0) is 10.0 Å². The van der Waals surface area contributed by atoms with Gasteiger partial charge in [-0.1, -0.05) is 0 Å². The minimum atomic E-state index is -3.21. The molecule has 0 aromatic carbocycles. The first-order chi connectivity index (χ1) is 7.60. The second-order valence-electron chi connectivity index (χ2n) is 4.67. The Balaban J connectivity index is 2.05. The van der Waals surface area contributed by atoms with Gasteiger partial charge in [0, 0.05) is 19.6 Å². The Labute approximate surface area is 96.9 Å². The number of sulfonamides is 1. The first-order valence-electron chi connectivity index (χ1n) is 5.98. The van der Waals surface area contributed by atoms with Gasteiger partial charge in [-0.25, -0.2) is 8.42 Å². The highest BCUT2D eigenvalue weighted by molar-refractivity contribution is 7.89. The van der Waals surface area contributed by atoms with Crippen LogP contribution >= 0.6 is 0 Å². The Morgan fingerprint density at radius 1 is 1.25 bits per heavy atom. The van der Waals surface area contributed by atoms with Gasteiger partial charge in [-0.15, -0.1) is 0 Å². The number of nitrogens with one attached hydrogen (secondary N) is 1. The van der Waals surface area contributed by atoms with Gasteiger partial charge in [0.05, 0.1) is 11.4 Å². The van der Waals surface area contributed by atoms with E-state index in [0.717, 1.165) is 32.2 Å². The number of aliphatic hydroxyl groups excluding tert-OH is 1. The van der Waals surface area contributed by atoms with Crippen molar-refractivity contribution in [2.75, 3.05) is 26.2 Å². The Bertz CT molecular complexity index is 325. The van der Waals surface area contributed by atoms with Crippen LogP contribution in [0.4, 0.5) is 0 Å². The van der Waals surface area contributed by atoms with Crippen molar-refractivity contribution < 1.29 is 13.5 Å². The summed E-state index contributed by atoms with van der Waals surface area (Å²) in [6.45, 7) is 2.30. The molecule has 6 heteroatoms. The first-order valence-corrected chi connectivity index (χ1v) is 7.49. The molecule has 94 valence electrons. The van der Waals surface area contributed by atoms with Crippen molar-refractivity contribution in [2.24, 2.45) is 0 Å². The van der Waals surface area contributed by atoms with E-state index >= 15 is 0 Å². The maximum atomic E-state index is 12.3. The molecule has 0 radical (unpaired) electrons. The van der Waals surface area contributed by atoms with Gasteiger partial charge < -0.3 is 10.4 Å². The number of nitrogens with zero attached hydrogens (tertiary/aromatic N) is 1. The zero-order valence-electron chi connectivity index (χ0n) is 9.43. The number of rotatable bonds is 2. The highest BCUT2D eigenvalue weighted by Gasteiger charge is 2.35. The quantitative estimate of drug-likeness (QED) is 0.693. The monoisotopic (exact) mass is 248 g/mol. The van der Waals surface area contributed by atoms with E-state index in [1.54, 1.807) is 0 Å². The predicted molar refractivity (Wildman–Crippen MR) is 61.6 cm³/mol. The molecule has 2 rings (SSSR count). The van der Waals surface area contributed by atoms with E-state index in [-0.39, 0.29) is 11.8 Å². The van der Waals surface area contributed by atoms with E-state index < -0.39 is 16.1 Å². The molecule has 0 bridgehead atoms. The third-order valence-electron chi connectivity index (χ3n) is 3.39. The van der Waals surface area contributed by atoms with Crippen molar-refractivity contribution in [3.8, 4) is 0 Å². The molecular formula is C10H20N2O3S. The lowest BCUT2D eigenvalue weighted by Crippen LogP contribution is -2.50. The zero-order chi connectivity index (χ0) is 11.6. The smallest absolute Gasteiger partial charge is 0.218 e. The number of hydrogen-bond acceptors (Lipinski definition) is 4. The van der Waals surface area contributed by atoms with Crippen molar-refractivity contribution in [3.63, 3.8) is 0 Å². The minimum absolute atomic E-state index is 0.277. The van der Waals surface area contributed by atoms with Gasteiger partial charge in [0.25, 0.3) is 0 Å². The number of β-amino-alcohol motifs (C(OH)–C–C–N with tert-alkyl or cyclic N) is 1. The fourth-order valence-electron chi connectivity index (χ4n) is 2.44. The van der Waals surface area contributed by atoms with E-state index in [0.29, 0.717) is 13.1 Å². The van der Waals surface area contributed by atoms with Crippen LogP contribution in [0.15, 0.2) is 0 Å². The average molecular weight is 248 g/mol. The molecule has 2 N–H and O–H groups in total. The van der Waals surface area contributed by atoms with Gasteiger partial charge in [-0.05, 0) is 32.2 Å². The molecule has 16 heavy (non-hydrogen) atoms. The van der Waals surface area contributed by atoms with Crippen LogP contribution in [0, 0.1) is 0 Å². The number of hydrogen-bond donors (Lipinski definition) is 2. The van der Waals surface area contributed by atoms with Crippen LogP contribution in [0.25, 0.3) is 0 Å². The molecule has 0 amide bonds. The number of aliphatic hydroxyl groups is 1. The van der Waals surface area contributed by atoms with Gasteiger partial charge in [-0.2, -0.15) is 4.31 Å². The van der Waals surface area contributed by atoms with Gasteiger partial charge in [0.2, 0.25) is 10.0 Å². The molecule has 2 heterocycles. The van der Waals surface area contributed by atoms with E-state index in [4.69, 9.17) is 0 Å². The van der Waals surface area contributed by atoms with Crippen LogP contribution < -0.4 is 5.32 Å². The van der Waals surface area contributed by atoms with Gasteiger partial charge in [-0.3, -0.25) is 0 Å². The number of piperidine rings is 2. The summed E-state index contributed by atoms with van der Waals surface area (Å²) in [5, 5.41) is 12.3. The Hall–Kier alpha value is -0.170. The standard InChI is InChI=1S/C10H20N2O3S/c13-9-3-2-6-12(8-9)16(14,15)10-4-1-5-11-7-10/h9-11,13H,1-8H2. The van der Waals surface area contributed by atoms with Gasteiger partial charge in [0.15, 0.2) is 0 Å². The zero-order valence-corrected chi connectivity index (χ0v) is 10.2. The van der Waals surface area contributed by atoms with Crippen LogP contribution in [-0.4, -0.2) is 55.4 Å². The van der Waals surface area contributed by atoms with Crippen molar-refractivity contribution in [3.05, 3.63) is 0 Å². The van der Waals surface area contributed by atoms with E-state index in [2.05, 4.69) is 5.32 Å². The molecule has 2 fully saturated rings. The topological polar surface area (TPSA) is 69.6 Å². The Morgan fingerprint density at radius 2 is 2.06 bits per heavy atom. The van der Waals surface area contributed by atoms with Crippen LogP contribution in [0.2, 0.25) is 0 Å². The molecule has 0 aromatic heterocycles. The maximum Gasteiger partial charge on any atom is 0.218 e. The van der Waals surface area contributed by atoms with Crippen molar-refractivity contribution >= 4 is 10.0 Å². The normalized spacial score (nSPS) is 33.8. The average Bonchev–Trinajstić information content (AvgIpc) is 2.30. The summed E-state index contributed by atoms with van der Waals surface area (Å²) in [7, 11) is -3.21. The largest absolute Gasteiger partial charge is 0.392 e. The van der Waals surface area contributed by atoms with Gasteiger partial charge in [0.1, 0.15) is 0 Å². The Morgan fingerprint density at radius 3 is 2.69 bits per heavy atom. The van der Waals surface area contributed by atoms with Crippen molar-refractivity contribution in [2.45, 2.75) is 37.0 Å². The highest BCUT2D eigenvalue weighted by Crippen LogP contribution is 2.20. The predicted octanol–water partition coefficient (Wildman–Crippen LogP) is -0.475. The fourth-order valence-corrected chi connectivity index (χ4v) is 4.42. The van der Waals surface area contributed by atoms with Crippen molar-refractivity contribution in [1.82, 2.24) is 9.62 Å². The minimum Gasteiger partial charge on any atom is -0.392 e. The molecule has 0 spiro atoms. The molecule has 2 saturated heterocycles. The molecular weight excluding hydrogens is 228 g/mol. The molecule has 5 nitrogen and oxygen atoms in total. The summed E-state index contributed by atoms with van der Waals surface area (Å²) in [5.41, 5.74) is 0. The van der Waals surface area contributed by atoms with E-state index in [1.165, 1.54) is 4.31 Å². The van der Waals surface area contributed by atoms with E-state index in [9.17, 15) is 13.5 Å². The second kappa shape index (κ2) is 5.00. The summed E-state index contributed by atoms with van der Waals surface area (Å²) < 4.78 is 26.0. The summed E-state index contributed by atoms with van der Waals surface area (Å²) in [4.78, 5) is 0. The maximum absolute atomic E-state index is 12.3. The summed E-state index contributed by atoms with van der Waals surface area (Å²) in [6, 6.07) is 0. The van der Waals surface area contributed by atoms with Gasteiger partial charge >= 0.3 is 0 Å². The lowest BCUT2D eigenvalue weighted by Gasteiger charge is -2.33. The molecule has 0 aromatic rings. The summed E-state index contributed by atoms with van der Waals surface area (Å²) in [5.74, 6) is 0. The molecule has 2 aliphatic rings. The van der Waals surface area contributed by atoms with E-state index in [1.807, 2.05) is 0 Å². The molecule has 2 aliphatic heterocycles. The molecule has 0 saturated carbocycles. The fraction of sp³-hybridized carbons (Fsp3) is 1.00. The molecule has 0 aliphatic carbocycles. The van der Waals surface area contributed by atoms with Crippen LogP contribution in [0.1, 0.15) is 25.7 Å². The first kappa shape index (κ1) is 12.3. The summed E-state index contributed by atoms with van der Waals surface area (Å²) >= 11 is 0. The highest BCUT2D eigenvalue weighted by atomic mass is 32.2. The molecule has 2 atom stereocenters. The third kappa shape index (κ3) is 2.56. The van der Waals surface area contributed by atoms with Crippen LogP contribution in [0.3, 0.4) is 0 Å². The second-order valence-corrected chi connectivity index (χ2v) is 6.88. The lowest BCUT2D eigenvalue weighted by molar-refractivity contribution is 0.107. The van der Waals surface area contributed by atoms with Crippen LogP contribution in [0.5, 0.6) is 0 Å². The summed E-state index contributed by atoms with van der Waals surface area (Å²) in [6.07, 6.45) is 2.65. The SMILES string of the molecule is O=S(=O)(C1CCCNC1)N1CCCC(O)C1. The Kier molecular flexibility index (Phi) is 3.84. The third-order valence-corrected chi connectivity index (χ3v) is 5.69. The van der Waals surface area contributed by atoms with Crippen molar-refractivity contribution in [1.29, 1.82) is 0 Å². The lowest BCUT2D eigenvalue weighted by atomic mass is 10.1. The molecule has 2 unspecified atom stereocenters.